The molecule has 0 saturated heterocycles. The maximum Gasteiger partial charge on any atom is 0.140 e. The minimum atomic E-state index is -0.261. The number of hydrogen-bond donors (Lipinski definition) is 1. The number of nitrogens with zero attached hydrogens (tertiary/aromatic N) is 1. The van der Waals surface area contributed by atoms with E-state index in [-0.39, 0.29) is 5.82 Å². The van der Waals surface area contributed by atoms with Crippen LogP contribution in [0.4, 0.5) is 4.39 Å². The lowest BCUT2D eigenvalue weighted by Crippen LogP contribution is -2.21. The molecule has 0 fully saturated rings. The van der Waals surface area contributed by atoms with E-state index in [1.165, 1.54) is 17.0 Å². The third-order valence-corrected chi connectivity index (χ3v) is 3.43. The molecule has 0 aliphatic carbocycles. The Bertz CT molecular complexity index is 510. The lowest BCUT2D eigenvalue weighted by atomic mass is 10.3. The van der Waals surface area contributed by atoms with Crippen molar-refractivity contribution in [3.63, 3.8) is 0 Å². The number of halogens is 1. The second kappa shape index (κ2) is 6.63. The van der Waals surface area contributed by atoms with Gasteiger partial charge in [-0.3, -0.25) is 0 Å². The Balaban J connectivity index is 1.84. The smallest absolute Gasteiger partial charge is 0.140 e. The van der Waals surface area contributed by atoms with Gasteiger partial charge in [0.2, 0.25) is 0 Å². The first-order valence-electron chi connectivity index (χ1n) is 6.19. The standard InChI is InChI=1S/C14H17FN2OS/c1-10(2)16-7-13-8-17-14(19-13)9-18-12-5-3-11(15)4-6-12/h3-6,8,10,16H,7,9H2,1-2H3. The van der Waals surface area contributed by atoms with Crippen molar-refractivity contribution in [1.82, 2.24) is 10.3 Å². The molecule has 1 aromatic heterocycles. The normalized spacial score (nSPS) is 10.9. The Hall–Kier alpha value is -1.46. The first-order valence-corrected chi connectivity index (χ1v) is 7.00. The van der Waals surface area contributed by atoms with E-state index in [0.717, 1.165) is 11.6 Å². The van der Waals surface area contributed by atoms with Gasteiger partial charge >= 0.3 is 0 Å². The molecule has 0 amide bonds. The van der Waals surface area contributed by atoms with Gasteiger partial charge in [-0.2, -0.15) is 0 Å². The molecule has 5 heteroatoms. The van der Waals surface area contributed by atoms with Crippen LogP contribution in [0.3, 0.4) is 0 Å². The predicted octanol–water partition coefficient (Wildman–Crippen LogP) is 3.36. The molecule has 0 atom stereocenters. The minimum absolute atomic E-state index is 0.261. The van der Waals surface area contributed by atoms with Gasteiger partial charge in [-0.05, 0) is 24.3 Å². The highest BCUT2D eigenvalue weighted by atomic mass is 32.1. The van der Waals surface area contributed by atoms with E-state index in [0.29, 0.717) is 18.4 Å². The molecule has 2 rings (SSSR count). The maximum absolute atomic E-state index is 12.7. The highest BCUT2D eigenvalue weighted by Crippen LogP contribution is 2.17. The SMILES string of the molecule is CC(C)NCc1cnc(COc2ccc(F)cc2)s1. The van der Waals surface area contributed by atoms with Crippen LogP contribution in [0.1, 0.15) is 23.7 Å². The van der Waals surface area contributed by atoms with Crippen LogP contribution in [0.2, 0.25) is 0 Å². The summed E-state index contributed by atoms with van der Waals surface area (Å²) in [6.07, 6.45) is 1.86. The predicted molar refractivity (Wildman–Crippen MR) is 74.8 cm³/mol. The van der Waals surface area contributed by atoms with Crippen LogP contribution >= 0.6 is 11.3 Å². The average molecular weight is 280 g/mol. The fraction of sp³-hybridized carbons (Fsp3) is 0.357. The molecule has 0 aliphatic heterocycles. The Morgan fingerprint density at radius 1 is 1.32 bits per heavy atom. The molecule has 0 radical (unpaired) electrons. The van der Waals surface area contributed by atoms with Crippen molar-refractivity contribution in [2.75, 3.05) is 0 Å². The zero-order valence-electron chi connectivity index (χ0n) is 11.0. The van der Waals surface area contributed by atoms with Crippen molar-refractivity contribution in [2.45, 2.75) is 33.0 Å². The van der Waals surface area contributed by atoms with Gasteiger partial charge in [0.1, 0.15) is 23.2 Å². The molecule has 2 aromatic rings. The fourth-order valence-electron chi connectivity index (χ4n) is 1.48. The molecular weight excluding hydrogens is 263 g/mol. The van der Waals surface area contributed by atoms with Gasteiger partial charge in [-0.15, -0.1) is 11.3 Å². The van der Waals surface area contributed by atoms with Crippen LogP contribution in [0.5, 0.6) is 5.75 Å². The highest BCUT2D eigenvalue weighted by Gasteiger charge is 2.04. The summed E-state index contributed by atoms with van der Waals surface area (Å²) in [5, 5.41) is 4.26. The molecule has 19 heavy (non-hydrogen) atoms. The second-order valence-electron chi connectivity index (χ2n) is 4.50. The van der Waals surface area contributed by atoms with Crippen LogP contribution in [-0.2, 0) is 13.2 Å². The van der Waals surface area contributed by atoms with Gasteiger partial charge in [-0.25, -0.2) is 9.37 Å². The third-order valence-electron chi connectivity index (χ3n) is 2.46. The molecule has 0 spiro atoms. The van der Waals surface area contributed by atoms with Crippen LogP contribution < -0.4 is 10.1 Å². The zero-order valence-corrected chi connectivity index (χ0v) is 11.8. The summed E-state index contributed by atoms with van der Waals surface area (Å²) >= 11 is 1.62. The lowest BCUT2D eigenvalue weighted by molar-refractivity contribution is 0.305. The maximum atomic E-state index is 12.7. The van der Waals surface area contributed by atoms with E-state index >= 15 is 0 Å². The third kappa shape index (κ3) is 4.61. The van der Waals surface area contributed by atoms with Gasteiger partial charge in [0.15, 0.2) is 0 Å². The zero-order chi connectivity index (χ0) is 13.7. The summed E-state index contributed by atoms with van der Waals surface area (Å²) < 4.78 is 18.3. The van der Waals surface area contributed by atoms with Crippen LogP contribution in [0, 0.1) is 5.82 Å². The molecule has 0 aliphatic rings. The number of ether oxygens (including phenoxy) is 1. The largest absolute Gasteiger partial charge is 0.486 e. The summed E-state index contributed by atoms with van der Waals surface area (Å²) in [5.41, 5.74) is 0. The van der Waals surface area contributed by atoms with Gasteiger partial charge in [0, 0.05) is 23.7 Å². The van der Waals surface area contributed by atoms with E-state index in [2.05, 4.69) is 24.1 Å². The van der Waals surface area contributed by atoms with Crippen molar-refractivity contribution in [3.05, 3.63) is 46.2 Å². The van der Waals surface area contributed by atoms with Crippen LogP contribution in [0.25, 0.3) is 0 Å². The van der Waals surface area contributed by atoms with Crippen molar-refractivity contribution in [2.24, 2.45) is 0 Å². The summed E-state index contributed by atoms with van der Waals surface area (Å²) in [4.78, 5) is 5.49. The van der Waals surface area contributed by atoms with Crippen molar-refractivity contribution in [3.8, 4) is 5.75 Å². The van der Waals surface area contributed by atoms with Crippen molar-refractivity contribution in [1.29, 1.82) is 0 Å². The molecule has 0 saturated carbocycles. The number of nitrogens with one attached hydrogen (secondary N) is 1. The Kier molecular flexibility index (Phi) is 4.87. The molecule has 3 nitrogen and oxygen atoms in total. The highest BCUT2D eigenvalue weighted by molar-refractivity contribution is 7.11. The van der Waals surface area contributed by atoms with Crippen molar-refractivity contribution >= 4 is 11.3 Å². The monoisotopic (exact) mass is 280 g/mol. The van der Waals surface area contributed by atoms with Gasteiger partial charge in [0.25, 0.3) is 0 Å². The minimum Gasteiger partial charge on any atom is -0.486 e. The number of hydrogen-bond acceptors (Lipinski definition) is 4. The quantitative estimate of drug-likeness (QED) is 0.881. The van der Waals surface area contributed by atoms with Gasteiger partial charge in [-0.1, -0.05) is 13.8 Å². The molecule has 0 bridgehead atoms. The first kappa shape index (κ1) is 14.0. The fourth-order valence-corrected chi connectivity index (χ4v) is 2.26. The van der Waals surface area contributed by atoms with Gasteiger partial charge in [0.05, 0.1) is 0 Å². The summed E-state index contributed by atoms with van der Waals surface area (Å²) in [5.74, 6) is 0.391. The Morgan fingerprint density at radius 2 is 2.05 bits per heavy atom. The van der Waals surface area contributed by atoms with Crippen LogP contribution in [-0.4, -0.2) is 11.0 Å². The number of benzene rings is 1. The van der Waals surface area contributed by atoms with E-state index in [9.17, 15) is 4.39 Å². The Morgan fingerprint density at radius 3 is 2.74 bits per heavy atom. The first-order chi connectivity index (χ1) is 9.13. The number of aromatic nitrogens is 1. The van der Waals surface area contributed by atoms with Crippen molar-refractivity contribution < 1.29 is 9.13 Å². The topological polar surface area (TPSA) is 34.2 Å². The molecule has 1 aromatic carbocycles. The Labute approximate surface area is 116 Å². The van der Waals surface area contributed by atoms with E-state index in [4.69, 9.17) is 4.74 Å². The van der Waals surface area contributed by atoms with E-state index < -0.39 is 0 Å². The molecule has 102 valence electrons. The average Bonchev–Trinajstić information content (AvgIpc) is 2.84. The molecule has 1 heterocycles. The second-order valence-corrected chi connectivity index (χ2v) is 5.70. The van der Waals surface area contributed by atoms with Crippen LogP contribution in [0.15, 0.2) is 30.5 Å². The molecule has 0 unspecified atom stereocenters. The van der Waals surface area contributed by atoms with E-state index in [1.807, 2.05) is 6.20 Å². The number of thiazole rings is 1. The number of rotatable bonds is 6. The summed E-state index contributed by atoms with van der Waals surface area (Å²) in [6.45, 7) is 5.46. The molecule has 1 N–H and O–H groups in total. The molecular formula is C14H17FN2OS. The van der Waals surface area contributed by atoms with E-state index in [1.54, 1.807) is 23.5 Å². The summed E-state index contributed by atoms with van der Waals surface area (Å²) in [7, 11) is 0. The summed E-state index contributed by atoms with van der Waals surface area (Å²) in [6, 6.07) is 6.46. The van der Waals surface area contributed by atoms with Gasteiger partial charge < -0.3 is 10.1 Å². The lowest BCUT2D eigenvalue weighted by Gasteiger charge is -2.05.